The maximum Gasteiger partial charge on any atom is 0.338 e. The number of carbonyl (C=O) groups is 1. The fourth-order valence-corrected chi connectivity index (χ4v) is 1.97. The zero-order valence-electron chi connectivity index (χ0n) is 9.32. The van der Waals surface area contributed by atoms with E-state index in [-0.39, 0.29) is 5.97 Å². The van der Waals surface area contributed by atoms with Crippen LogP contribution in [0, 0.1) is 0 Å². The Morgan fingerprint density at radius 3 is 3.06 bits per heavy atom. The first-order valence-electron chi connectivity index (χ1n) is 5.48. The molecule has 1 aliphatic rings. The maximum absolute atomic E-state index is 11.7. The minimum absolute atomic E-state index is 0.242. The lowest BCUT2D eigenvalue weighted by molar-refractivity contribution is -0.136. The van der Waals surface area contributed by atoms with Crippen LogP contribution in [-0.2, 0) is 16.0 Å². The van der Waals surface area contributed by atoms with Crippen molar-refractivity contribution in [3.8, 4) is 0 Å². The fraction of sp³-hybridized carbons (Fsp3) is 0.308. The second-order valence-electron chi connectivity index (χ2n) is 3.79. The Hall–Kier alpha value is -1.77. The summed E-state index contributed by atoms with van der Waals surface area (Å²) >= 11 is 0. The normalized spacial score (nSPS) is 13.9. The third-order valence-electron chi connectivity index (χ3n) is 2.68. The number of aryl methyl sites for hydroxylation is 1. The molecular weight excluding hydrogens is 202 g/mol. The van der Waals surface area contributed by atoms with Crippen LogP contribution in [0.1, 0.15) is 24.5 Å². The second-order valence-corrected chi connectivity index (χ2v) is 3.79. The fourth-order valence-electron chi connectivity index (χ4n) is 1.97. The van der Waals surface area contributed by atoms with Gasteiger partial charge in [-0.1, -0.05) is 12.1 Å². The van der Waals surface area contributed by atoms with Gasteiger partial charge in [-0.25, -0.2) is 4.79 Å². The molecule has 84 valence electrons. The first-order chi connectivity index (χ1) is 7.72. The maximum atomic E-state index is 11.7. The average Bonchev–Trinajstić information content (AvgIpc) is 2.28. The van der Waals surface area contributed by atoms with Gasteiger partial charge >= 0.3 is 5.97 Å². The zero-order valence-corrected chi connectivity index (χ0v) is 9.32. The van der Waals surface area contributed by atoms with Crippen LogP contribution < -0.4 is 5.73 Å². The van der Waals surface area contributed by atoms with Crippen molar-refractivity contribution in [1.29, 1.82) is 0 Å². The summed E-state index contributed by atoms with van der Waals surface area (Å²) in [4.78, 5) is 11.7. The summed E-state index contributed by atoms with van der Waals surface area (Å²) in [5, 5.41) is 0. The Morgan fingerprint density at radius 2 is 2.31 bits per heavy atom. The number of nitrogens with two attached hydrogens (primary N) is 1. The van der Waals surface area contributed by atoms with E-state index in [0.717, 1.165) is 29.7 Å². The number of hydrogen-bond donors (Lipinski definition) is 1. The summed E-state index contributed by atoms with van der Waals surface area (Å²) in [7, 11) is 0. The minimum Gasteiger partial charge on any atom is -0.462 e. The number of ether oxygens (including phenoxy) is 1. The van der Waals surface area contributed by atoms with Crippen LogP contribution in [0.2, 0.25) is 0 Å². The molecule has 0 spiro atoms. The highest BCUT2D eigenvalue weighted by molar-refractivity contribution is 6.17. The molecule has 16 heavy (non-hydrogen) atoms. The Morgan fingerprint density at radius 1 is 1.50 bits per heavy atom. The summed E-state index contributed by atoms with van der Waals surface area (Å²) in [5.74, 6) is -0.242. The van der Waals surface area contributed by atoms with E-state index in [4.69, 9.17) is 10.5 Å². The number of allylic oxidation sites excluding steroid dienone is 1. The largest absolute Gasteiger partial charge is 0.462 e. The lowest BCUT2D eigenvalue weighted by Gasteiger charge is -2.16. The van der Waals surface area contributed by atoms with Gasteiger partial charge in [0.25, 0.3) is 0 Å². The zero-order chi connectivity index (χ0) is 11.5. The quantitative estimate of drug-likeness (QED) is 0.610. The van der Waals surface area contributed by atoms with Crippen molar-refractivity contribution in [2.75, 3.05) is 12.3 Å². The first-order valence-corrected chi connectivity index (χ1v) is 5.48. The Kier molecular flexibility index (Phi) is 2.95. The van der Waals surface area contributed by atoms with E-state index in [1.807, 2.05) is 31.2 Å². The number of fused-ring (bicyclic) bond motifs is 1. The van der Waals surface area contributed by atoms with Crippen molar-refractivity contribution >= 4 is 17.2 Å². The van der Waals surface area contributed by atoms with Gasteiger partial charge in [0.15, 0.2) is 0 Å². The van der Waals surface area contributed by atoms with Gasteiger partial charge in [-0.2, -0.15) is 0 Å². The van der Waals surface area contributed by atoms with Gasteiger partial charge in [-0.15, -0.1) is 0 Å². The van der Waals surface area contributed by atoms with Crippen LogP contribution in [0.5, 0.6) is 0 Å². The van der Waals surface area contributed by atoms with Gasteiger partial charge in [0.2, 0.25) is 0 Å². The van der Waals surface area contributed by atoms with Gasteiger partial charge in [-0.3, -0.25) is 0 Å². The predicted molar refractivity (Wildman–Crippen MR) is 63.8 cm³/mol. The van der Waals surface area contributed by atoms with Crippen molar-refractivity contribution in [1.82, 2.24) is 0 Å². The topological polar surface area (TPSA) is 52.3 Å². The number of nitrogen functional groups attached to an aromatic ring is 1. The molecule has 3 heteroatoms. The third-order valence-corrected chi connectivity index (χ3v) is 2.68. The number of esters is 1. The number of anilines is 1. The predicted octanol–water partition coefficient (Wildman–Crippen LogP) is 2.16. The molecule has 0 unspecified atom stereocenters. The monoisotopic (exact) mass is 217 g/mol. The van der Waals surface area contributed by atoms with E-state index in [1.54, 1.807) is 0 Å². The molecule has 0 radical (unpaired) electrons. The van der Waals surface area contributed by atoms with Gasteiger partial charge in [0, 0.05) is 5.69 Å². The van der Waals surface area contributed by atoms with Crippen LogP contribution in [-0.4, -0.2) is 12.6 Å². The van der Waals surface area contributed by atoms with Crippen molar-refractivity contribution < 1.29 is 9.53 Å². The molecule has 0 saturated heterocycles. The van der Waals surface area contributed by atoms with Crippen LogP contribution >= 0.6 is 0 Å². The van der Waals surface area contributed by atoms with E-state index in [2.05, 4.69) is 0 Å². The SMILES string of the molecule is CCOC(=O)C1=CCCc2cc(N)ccc21. The number of carbonyl (C=O) groups excluding carboxylic acids is 1. The van der Waals surface area contributed by atoms with E-state index in [0.29, 0.717) is 12.2 Å². The standard InChI is InChI=1S/C13H15NO2/c1-2-16-13(15)12-5-3-4-9-8-10(14)6-7-11(9)12/h5-8H,2-4,14H2,1H3. The number of benzene rings is 1. The van der Waals surface area contributed by atoms with Crippen molar-refractivity contribution in [2.24, 2.45) is 0 Å². The lowest BCUT2D eigenvalue weighted by Crippen LogP contribution is -2.11. The molecule has 0 amide bonds. The first kappa shape index (κ1) is 10.7. The highest BCUT2D eigenvalue weighted by Gasteiger charge is 2.19. The molecule has 0 fully saturated rings. The molecular formula is C13H15NO2. The van der Waals surface area contributed by atoms with E-state index >= 15 is 0 Å². The average molecular weight is 217 g/mol. The molecule has 2 N–H and O–H groups in total. The summed E-state index contributed by atoms with van der Waals surface area (Å²) in [5.41, 5.74) is 9.22. The Balaban J connectivity index is 2.37. The summed E-state index contributed by atoms with van der Waals surface area (Å²) in [6, 6.07) is 5.64. The van der Waals surface area contributed by atoms with Crippen molar-refractivity contribution in [3.05, 3.63) is 35.4 Å². The van der Waals surface area contributed by atoms with Gasteiger partial charge < -0.3 is 10.5 Å². The van der Waals surface area contributed by atoms with Crippen molar-refractivity contribution in [3.63, 3.8) is 0 Å². The Labute approximate surface area is 94.9 Å². The highest BCUT2D eigenvalue weighted by atomic mass is 16.5. The minimum atomic E-state index is -0.242. The van der Waals surface area contributed by atoms with Gasteiger partial charge in [0.05, 0.1) is 12.2 Å². The molecule has 1 aromatic carbocycles. The smallest absolute Gasteiger partial charge is 0.338 e. The van der Waals surface area contributed by atoms with Gasteiger partial charge in [-0.05, 0) is 43.0 Å². The van der Waals surface area contributed by atoms with E-state index in [1.165, 1.54) is 0 Å². The molecule has 3 nitrogen and oxygen atoms in total. The molecule has 2 rings (SSSR count). The van der Waals surface area contributed by atoms with Crippen LogP contribution in [0.3, 0.4) is 0 Å². The molecule has 1 aliphatic carbocycles. The van der Waals surface area contributed by atoms with Crippen LogP contribution in [0.25, 0.3) is 5.57 Å². The number of rotatable bonds is 2. The third kappa shape index (κ3) is 1.94. The molecule has 0 heterocycles. The van der Waals surface area contributed by atoms with Gasteiger partial charge in [0.1, 0.15) is 0 Å². The highest BCUT2D eigenvalue weighted by Crippen LogP contribution is 2.28. The van der Waals surface area contributed by atoms with E-state index < -0.39 is 0 Å². The van der Waals surface area contributed by atoms with E-state index in [9.17, 15) is 4.79 Å². The molecule has 1 aromatic rings. The Bertz CT molecular complexity index is 449. The lowest BCUT2D eigenvalue weighted by atomic mass is 9.90. The molecule has 0 atom stereocenters. The molecule has 0 aromatic heterocycles. The summed E-state index contributed by atoms with van der Waals surface area (Å²) in [6.07, 6.45) is 3.74. The van der Waals surface area contributed by atoms with Crippen molar-refractivity contribution in [2.45, 2.75) is 19.8 Å². The van der Waals surface area contributed by atoms with Crippen LogP contribution in [0.4, 0.5) is 5.69 Å². The van der Waals surface area contributed by atoms with Crippen LogP contribution in [0.15, 0.2) is 24.3 Å². The molecule has 0 saturated carbocycles. The molecule has 0 bridgehead atoms. The molecule has 0 aliphatic heterocycles. The summed E-state index contributed by atoms with van der Waals surface area (Å²) in [6.45, 7) is 2.21. The summed E-state index contributed by atoms with van der Waals surface area (Å²) < 4.78 is 5.03. The second kappa shape index (κ2) is 4.39. The number of hydrogen-bond acceptors (Lipinski definition) is 3.